The van der Waals surface area contributed by atoms with Crippen molar-refractivity contribution >= 4 is 11.4 Å². The average Bonchev–Trinajstić information content (AvgIpc) is 2.40. The van der Waals surface area contributed by atoms with Crippen molar-refractivity contribution in [3.8, 4) is 0 Å². The van der Waals surface area contributed by atoms with Crippen LogP contribution in [0, 0.1) is 10.1 Å². The summed E-state index contributed by atoms with van der Waals surface area (Å²) in [6, 6.07) is 5.68. The Bertz CT molecular complexity index is 468. The predicted molar refractivity (Wildman–Crippen MR) is 64.5 cm³/mol. The number of nitro benzene ring substituents is 1. The standard InChI is InChI=1S/C11H14N2O6/c14-8-5-19-11(10(16)9(8)15)12-6-2-1-3-7(4-6)13(17)18/h1-4,8-12,14-16H,5H2/t8-,9-,10+,11+/m0/s1. The third kappa shape index (κ3) is 2.99. The van der Waals surface area contributed by atoms with E-state index in [-0.39, 0.29) is 12.3 Å². The fraction of sp³-hybridized carbons (Fsp3) is 0.455. The number of anilines is 1. The van der Waals surface area contributed by atoms with Crippen LogP contribution in [0.3, 0.4) is 0 Å². The second-order valence-corrected chi connectivity index (χ2v) is 4.25. The highest BCUT2D eigenvalue weighted by Gasteiger charge is 2.37. The summed E-state index contributed by atoms with van der Waals surface area (Å²) in [6.07, 6.45) is -4.76. The monoisotopic (exact) mass is 270 g/mol. The minimum atomic E-state index is -1.33. The first kappa shape index (κ1) is 13.7. The molecular formula is C11H14N2O6. The normalized spacial score (nSPS) is 30.9. The molecule has 19 heavy (non-hydrogen) atoms. The van der Waals surface area contributed by atoms with E-state index in [0.29, 0.717) is 5.69 Å². The summed E-state index contributed by atoms with van der Waals surface area (Å²) < 4.78 is 5.14. The smallest absolute Gasteiger partial charge is 0.271 e. The van der Waals surface area contributed by atoms with Gasteiger partial charge >= 0.3 is 0 Å². The highest BCUT2D eigenvalue weighted by atomic mass is 16.6. The minimum Gasteiger partial charge on any atom is -0.388 e. The third-order valence-corrected chi connectivity index (χ3v) is 2.87. The number of nitrogens with zero attached hydrogens (tertiary/aromatic N) is 1. The lowest BCUT2D eigenvalue weighted by Gasteiger charge is -2.35. The van der Waals surface area contributed by atoms with Gasteiger partial charge in [-0.2, -0.15) is 0 Å². The first-order valence-electron chi connectivity index (χ1n) is 5.66. The van der Waals surface area contributed by atoms with E-state index in [0.717, 1.165) is 0 Å². The lowest BCUT2D eigenvalue weighted by atomic mass is 10.0. The number of aliphatic hydroxyl groups excluding tert-OH is 3. The Morgan fingerprint density at radius 1 is 1.32 bits per heavy atom. The van der Waals surface area contributed by atoms with Crippen molar-refractivity contribution in [3.05, 3.63) is 34.4 Å². The summed E-state index contributed by atoms with van der Waals surface area (Å²) in [4.78, 5) is 10.1. The van der Waals surface area contributed by atoms with E-state index in [9.17, 15) is 25.4 Å². The van der Waals surface area contributed by atoms with Crippen LogP contribution in [0.2, 0.25) is 0 Å². The molecule has 2 rings (SSSR count). The van der Waals surface area contributed by atoms with Crippen molar-refractivity contribution in [2.24, 2.45) is 0 Å². The van der Waals surface area contributed by atoms with E-state index in [1.54, 1.807) is 6.07 Å². The van der Waals surface area contributed by atoms with Crippen LogP contribution in [0.4, 0.5) is 11.4 Å². The third-order valence-electron chi connectivity index (χ3n) is 2.87. The first-order chi connectivity index (χ1) is 8.99. The molecule has 0 amide bonds. The van der Waals surface area contributed by atoms with Crippen LogP contribution in [-0.4, -0.2) is 51.4 Å². The molecule has 104 valence electrons. The summed E-state index contributed by atoms with van der Waals surface area (Å²) in [5, 5.41) is 41.9. The number of non-ortho nitro benzene ring substituents is 1. The Kier molecular flexibility index (Phi) is 3.96. The first-order valence-corrected chi connectivity index (χ1v) is 5.66. The van der Waals surface area contributed by atoms with Crippen LogP contribution in [0.25, 0.3) is 0 Å². The maximum absolute atomic E-state index is 10.6. The molecule has 0 radical (unpaired) electrons. The lowest BCUT2D eigenvalue weighted by Crippen LogP contribution is -2.55. The topological polar surface area (TPSA) is 125 Å². The molecule has 0 unspecified atom stereocenters. The van der Waals surface area contributed by atoms with Crippen LogP contribution >= 0.6 is 0 Å². The lowest BCUT2D eigenvalue weighted by molar-refractivity contribution is -0.384. The van der Waals surface area contributed by atoms with Crippen LogP contribution in [0.5, 0.6) is 0 Å². The van der Waals surface area contributed by atoms with Crippen LogP contribution in [0.15, 0.2) is 24.3 Å². The Labute approximate surface area is 108 Å². The Morgan fingerprint density at radius 3 is 2.74 bits per heavy atom. The maximum Gasteiger partial charge on any atom is 0.271 e. The number of hydrogen-bond acceptors (Lipinski definition) is 7. The molecule has 4 N–H and O–H groups in total. The van der Waals surface area contributed by atoms with Gasteiger partial charge in [-0.1, -0.05) is 6.07 Å². The number of nitro groups is 1. The van der Waals surface area contributed by atoms with Gasteiger partial charge in [0.25, 0.3) is 5.69 Å². The summed E-state index contributed by atoms with van der Waals surface area (Å²) in [5.41, 5.74) is 0.276. The van der Waals surface area contributed by atoms with Crippen molar-refractivity contribution in [2.75, 3.05) is 11.9 Å². The summed E-state index contributed by atoms with van der Waals surface area (Å²) in [5.74, 6) is 0. The van der Waals surface area contributed by atoms with Gasteiger partial charge in [-0.25, -0.2) is 0 Å². The van der Waals surface area contributed by atoms with Gasteiger partial charge in [-0.05, 0) is 6.07 Å². The number of hydrogen-bond donors (Lipinski definition) is 4. The average molecular weight is 270 g/mol. The molecule has 8 heteroatoms. The summed E-state index contributed by atoms with van der Waals surface area (Å²) >= 11 is 0. The fourth-order valence-corrected chi connectivity index (χ4v) is 1.81. The molecule has 1 saturated heterocycles. The number of nitrogens with one attached hydrogen (secondary N) is 1. The molecule has 1 fully saturated rings. The zero-order valence-corrected chi connectivity index (χ0v) is 9.84. The fourth-order valence-electron chi connectivity index (χ4n) is 1.81. The van der Waals surface area contributed by atoms with Crippen molar-refractivity contribution < 1.29 is 25.0 Å². The molecule has 0 aromatic heterocycles. The second kappa shape index (κ2) is 5.49. The van der Waals surface area contributed by atoms with E-state index in [1.807, 2.05) is 0 Å². The number of aliphatic hydroxyl groups is 3. The minimum absolute atomic E-state index is 0.101. The van der Waals surface area contributed by atoms with E-state index < -0.39 is 29.5 Å². The molecular weight excluding hydrogens is 256 g/mol. The molecule has 1 aliphatic rings. The van der Waals surface area contributed by atoms with Gasteiger partial charge < -0.3 is 25.4 Å². The maximum atomic E-state index is 10.6. The molecule has 4 atom stereocenters. The molecule has 0 aliphatic carbocycles. The van der Waals surface area contributed by atoms with E-state index in [4.69, 9.17) is 4.74 Å². The Morgan fingerprint density at radius 2 is 2.05 bits per heavy atom. The zero-order valence-electron chi connectivity index (χ0n) is 9.84. The summed E-state index contributed by atoms with van der Waals surface area (Å²) in [6.45, 7) is -0.134. The number of ether oxygens (including phenoxy) is 1. The second-order valence-electron chi connectivity index (χ2n) is 4.25. The molecule has 0 saturated carbocycles. The molecule has 1 aromatic carbocycles. The highest BCUT2D eigenvalue weighted by Crippen LogP contribution is 2.21. The number of benzene rings is 1. The van der Waals surface area contributed by atoms with Gasteiger partial charge in [0.05, 0.1) is 11.5 Å². The van der Waals surface area contributed by atoms with E-state index in [1.165, 1.54) is 18.2 Å². The van der Waals surface area contributed by atoms with Crippen LogP contribution < -0.4 is 5.32 Å². The SMILES string of the molecule is O=[N+]([O-])c1cccc(N[C@@H]2OC[C@H](O)[C@H](O)[C@H]2O)c1. The van der Waals surface area contributed by atoms with Gasteiger partial charge in [0.1, 0.15) is 18.3 Å². The van der Waals surface area contributed by atoms with Gasteiger partial charge in [0.2, 0.25) is 0 Å². The molecule has 8 nitrogen and oxygen atoms in total. The van der Waals surface area contributed by atoms with Crippen LogP contribution in [-0.2, 0) is 4.74 Å². The van der Waals surface area contributed by atoms with Crippen molar-refractivity contribution in [3.63, 3.8) is 0 Å². The van der Waals surface area contributed by atoms with Crippen molar-refractivity contribution in [1.29, 1.82) is 0 Å². The molecule has 1 heterocycles. The zero-order chi connectivity index (χ0) is 14.0. The largest absolute Gasteiger partial charge is 0.388 e. The molecule has 0 spiro atoms. The molecule has 1 aromatic rings. The van der Waals surface area contributed by atoms with E-state index in [2.05, 4.69) is 5.32 Å². The van der Waals surface area contributed by atoms with Crippen LogP contribution in [0.1, 0.15) is 0 Å². The van der Waals surface area contributed by atoms with Gasteiger partial charge in [0, 0.05) is 17.8 Å². The predicted octanol–water partition coefficient (Wildman–Crippen LogP) is -0.554. The Balaban J connectivity index is 2.09. The van der Waals surface area contributed by atoms with E-state index >= 15 is 0 Å². The van der Waals surface area contributed by atoms with Crippen molar-refractivity contribution in [1.82, 2.24) is 0 Å². The Hall–Kier alpha value is -1.74. The quantitative estimate of drug-likeness (QED) is 0.428. The van der Waals surface area contributed by atoms with Crippen molar-refractivity contribution in [2.45, 2.75) is 24.5 Å². The van der Waals surface area contributed by atoms with Gasteiger partial charge in [-0.15, -0.1) is 0 Å². The highest BCUT2D eigenvalue weighted by molar-refractivity contribution is 5.51. The summed E-state index contributed by atoms with van der Waals surface area (Å²) in [7, 11) is 0. The van der Waals surface area contributed by atoms with Gasteiger partial charge in [0.15, 0.2) is 6.23 Å². The number of rotatable bonds is 3. The molecule has 0 bridgehead atoms. The molecule has 1 aliphatic heterocycles. The van der Waals surface area contributed by atoms with Gasteiger partial charge in [-0.3, -0.25) is 10.1 Å².